The minimum absolute atomic E-state index is 0.181. The van der Waals surface area contributed by atoms with E-state index in [1.54, 1.807) is 0 Å². The zero-order valence-corrected chi connectivity index (χ0v) is 12.2. The van der Waals surface area contributed by atoms with Gasteiger partial charge in [0.25, 0.3) is 0 Å². The van der Waals surface area contributed by atoms with Crippen molar-refractivity contribution in [3.8, 4) is 0 Å². The Balaban J connectivity index is 1.72. The van der Waals surface area contributed by atoms with Gasteiger partial charge in [-0.2, -0.15) is 0 Å². The molecule has 0 unspecified atom stereocenters. The zero-order chi connectivity index (χ0) is 14.1. The summed E-state index contributed by atoms with van der Waals surface area (Å²) in [6.07, 6.45) is 7.18. The zero-order valence-electron chi connectivity index (χ0n) is 12.2. The Morgan fingerprint density at radius 3 is 2.90 bits per heavy atom. The van der Waals surface area contributed by atoms with Crippen molar-refractivity contribution in [2.24, 2.45) is 0 Å². The van der Waals surface area contributed by atoms with E-state index < -0.39 is 0 Å². The van der Waals surface area contributed by atoms with Crippen LogP contribution in [0.25, 0.3) is 5.65 Å². The molecule has 0 saturated heterocycles. The van der Waals surface area contributed by atoms with Crippen LogP contribution in [0.2, 0.25) is 0 Å². The Bertz CT molecular complexity index is 590. The number of rotatable bonds is 4. The number of imidazole rings is 1. The van der Waals surface area contributed by atoms with Gasteiger partial charge in [-0.25, -0.2) is 4.98 Å². The predicted molar refractivity (Wildman–Crippen MR) is 79.8 cm³/mol. The van der Waals surface area contributed by atoms with E-state index >= 15 is 0 Å². The molecule has 20 heavy (non-hydrogen) atoms. The molecule has 1 aliphatic carbocycles. The van der Waals surface area contributed by atoms with Crippen molar-refractivity contribution < 1.29 is 5.11 Å². The number of nitrogens with one attached hydrogen (secondary N) is 1. The van der Waals surface area contributed by atoms with E-state index in [0.717, 1.165) is 37.1 Å². The molecule has 0 spiro atoms. The van der Waals surface area contributed by atoms with Crippen LogP contribution in [0.15, 0.2) is 24.5 Å². The Morgan fingerprint density at radius 1 is 1.35 bits per heavy atom. The van der Waals surface area contributed by atoms with Crippen LogP contribution in [-0.4, -0.2) is 26.6 Å². The third-order valence-electron chi connectivity index (χ3n) is 4.17. The lowest BCUT2D eigenvalue weighted by atomic mass is 10.2. The second kappa shape index (κ2) is 5.54. The minimum Gasteiger partial charge on any atom is -0.392 e. The van der Waals surface area contributed by atoms with Crippen molar-refractivity contribution in [1.29, 1.82) is 0 Å². The number of fused-ring (bicyclic) bond motifs is 1. The molecule has 2 N–H and O–H groups in total. The van der Waals surface area contributed by atoms with E-state index in [0.29, 0.717) is 5.92 Å². The third-order valence-corrected chi connectivity index (χ3v) is 4.17. The highest BCUT2D eigenvalue weighted by Gasteiger charge is 2.24. The molecule has 4 nitrogen and oxygen atoms in total. The van der Waals surface area contributed by atoms with Crippen molar-refractivity contribution in [2.45, 2.75) is 57.7 Å². The number of pyridine rings is 1. The molecule has 3 rings (SSSR count). The van der Waals surface area contributed by atoms with E-state index in [-0.39, 0.29) is 12.1 Å². The first-order valence-electron chi connectivity index (χ1n) is 7.52. The second-order valence-corrected chi connectivity index (χ2v) is 6.11. The number of aliphatic hydroxyl groups excluding tert-OH is 1. The van der Waals surface area contributed by atoms with Gasteiger partial charge in [0.05, 0.1) is 11.8 Å². The Kier molecular flexibility index (Phi) is 3.76. The maximum Gasteiger partial charge on any atom is 0.137 e. The average molecular weight is 273 g/mol. The molecule has 2 atom stereocenters. The van der Waals surface area contributed by atoms with E-state index in [1.807, 2.05) is 0 Å². The largest absolute Gasteiger partial charge is 0.392 e. The molecule has 2 aromatic heterocycles. The minimum atomic E-state index is -0.181. The first-order chi connectivity index (χ1) is 9.63. The highest BCUT2D eigenvalue weighted by Crippen LogP contribution is 2.19. The number of hydrogen-bond acceptors (Lipinski definition) is 3. The Labute approximate surface area is 119 Å². The number of hydrogen-bond donors (Lipinski definition) is 2. The van der Waals surface area contributed by atoms with E-state index in [4.69, 9.17) is 0 Å². The number of nitrogens with zero attached hydrogens (tertiary/aromatic N) is 2. The van der Waals surface area contributed by atoms with Gasteiger partial charge in [0.15, 0.2) is 0 Å². The van der Waals surface area contributed by atoms with Gasteiger partial charge in [0.1, 0.15) is 5.65 Å². The van der Waals surface area contributed by atoms with Gasteiger partial charge in [-0.1, -0.05) is 19.9 Å². The van der Waals surface area contributed by atoms with Crippen molar-refractivity contribution in [3.05, 3.63) is 35.8 Å². The van der Waals surface area contributed by atoms with Crippen LogP contribution in [0.4, 0.5) is 0 Å². The SMILES string of the molecule is CC(C)c1cn2cc(CN[C@@H]3CCC[C@@H]3O)ccc2n1. The molecule has 0 radical (unpaired) electrons. The van der Waals surface area contributed by atoms with Crippen LogP contribution in [0, 0.1) is 0 Å². The maximum absolute atomic E-state index is 9.83. The maximum atomic E-state index is 9.83. The fourth-order valence-corrected chi connectivity index (χ4v) is 2.87. The predicted octanol–water partition coefficient (Wildman–Crippen LogP) is 2.46. The van der Waals surface area contributed by atoms with Gasteiger partial charge in [0.2, 0.25) is 0 Å². The van der Waals surface area contributed by atoms with E-state index in [9.17, 15) is 5.11 Å². The highest BCUT2D eigenvalue weighted by atomic mass is 16.3. The van der Waals surface area contributed by atoms with Crippen LogP contribution in [0.5, 0.6) is 0 Å². The van der Waals surface area contributed by atoms with Gasteiger partial charge in [-0.05, 0) is 36.8 Å². The summed E-state index contributed by atoms with van der Waals surface area (Å²) in [5.74, 6) is 0.449. The van der Waals surface area contributed by atoms with Crippen molar-refractivity contribution in [2.75, 3.05) is 0 Å². The number of aromatic nitrogens is 2. The molecule has 0 aliphatic heterocycles. The lowest BCUT2D eigenvalue weighted by molar-refractivity contribution is 0.148. The highest BCUT2D eigenvalue weighted by molar-refractivity contribution is 5.41. The van der Waals surface area contributed by atoms with Gasteiger partial charge < -0.3 is 14.8 Å². The standard InChI is InChI=1S/C16H23N3O/c1-11(2)14-10-19-9-12(6-7-16(19)18-14)8-17-13-4-3-5-15(13)20/h6-7,9-11,13,15,17,20H,3-5,8H2,1-2H3/t13-,15+/m1/s1. The number of aliphatic hydroxyl groups is 1. The fourth-order valence-electron chi connectivity index (χ4n) is 2.87. The average Bonchev–Trinajstić information content (AvgIpc) is 3.01. The van der Waals surface area contributed by atoms with Crippen molar-refractivity contribution in [1.82, 2.24) is 14.7 Å². The lowest BCUT2D eigenvalue weighted by Gasteiger charge is -2.16. The van der Waals surface area contributed by atoms with Crippen LogP contribution < -0.4 is 5.32 Å². The van der Waals surface area contributed by atoms with Crippen LogP contribution in [-0.2, 0) is 6.54 Å². The first-order valence-corrected chi connectivity index (χ1v) is 7.52. The summed E-state index contributed by atoms with van der Waals surface area (Å²) in [7, 11) is 0. The topological polar surface area (TPSA) is 49.6 Å². The third kappa shape index (κ3) is 2.72. The molecule has 1 aliphatic rings. The molecule has 0 aromatic carbocycles. The van der Waals surface area contributed by atoms with Crippen molar-refractivity contribution in [3.63, 3.8) is 0 Å². The molecular weight excluding hydrogens is 250 g/mol. The second-order valence-electron chi connectivity index (χ2n) is 6.11. The van der Waals surface area contributed by atoms with Crippen LogP contribution in [0.1, 0.15) is 50.3 Å². The summed E-state index contributed by atoms with van der Waals surface area (Å²) in [5.41, 5.74) is 3.35. The molecule has 2 heterocycles. The molecule has 2 aromatic rings. The molecular formula is C16H23N3O. The monoisotopic (exact) mass is 273 g/mol. The summed E-state index contributed by atoms with van der Waals surface area (Å²) >= 11 is 0. The molecule has 1 fully saturated rings. The van der Waals surface area contributed by atoms with Gasteiger partial charge in [-0.15, -0.1) is 0 Å². The van der Waals surface area contributed by atoms with E-state index in [2.05, 4.69) is 53.1 Å². The quantitative estimate of drug-likeness (QED) is 0.899. The molecule has 108 valence electrons. The van der Waals surface area contributed by atoms with Crippen LogP contribution in [0.3, 0.4) is 0 Å². The van der Waals surface area contributed by atoms with Gasteiger partial charge >= 0.3 is 0 Å². The summed E-state index contributed by atoms with van der Waals surface area (Å²) in [6.45, 7) is 5.12. The van der Waals surface area contributed by atoms with Gasteiger partial charge in [-0.3, -0.25) is 0 Å². The first kappa shape index (κ1) is 13.6. The van der Waals surface area contributed by atoms with Crippen LogP contribution >= 0.6 is 0 Å². The smallest absolute Gasteiger partial charge is 0.137 e. The van der Waals surface area contributed by atoms with Crippen molar-refractivity contribution >= 4 is 5.65 Å². The summed E-state index contributed by atoms with van der Waals surface area (Å²) in [4.78, 5) is 4.61. The lowest BCUT2D eigenvalue weighted by Crippen LogP contribution is -2.35. The molecule has 1 saturated carbocycles. The fraction of sp³-hybridized carbons (Fsp3) is 0.562. The van der Waals surface area contributed by atoms with Gasteiger partial charge in [0, 0.05) is 25.0 Å². The Morgan fingerprint density at radius 2 is 2.20 bits per heavy atom. The summed E-state index contributed by atoms with van der Waals surface area (Å²) in [5, 5.41) is 13.3. The van der Waals surface area contributed by atoms with E-state index in [1.165, 1.54) is 5.56 Å². The summed E-state index contributed by atoms with van der Waals surface area (Å²) in [6, 6.07) is 4.43. The Hall–Kier alpha value is -1.39. The normalized spacial score (nSPS) is 23.0. The summed E-state index contributed by atoms with van der Waals surface area (Å²) < 4.78 is 2.09. The molecule has 4 heteroatoms. The molecule has 0 amide bonds. The molecule has 0 bridgehead atoms.